The van der Waals surface area contributed by atoms with Crippen LogP contribution in [0.2, 0.25) is 5.15 Å². The Kier molecular flexibility index (Phi) is 4.98. The standard InChI is InChI=1S/C13H18BrClN2O/c1-3-5-9-10(14)12(15)17-13(16-9)11(18-4-2)8-6-7-8/h8,11H,3-7H2,1-2H3. The quantitative estimate of drug-likeness (QED) is 0.727. The Balaban J connectivity index is 2.30. The van der Waals surface area contributed by atoms with Gasteiger partial charge < -0.3 is 4.74 Å². The van der Waals surface area contributed by atoms with Gasteiger partial charge in [0.25, 0.3) is 0 Å². The van der Waals surface area contributed by atoms with Crippen LogP contribution in [0.3, 0.4) is 0 Å². The summed E-state index contributed by atoms with van der Waals surface area (Å²) >= 11 is 9.63. The van der Waals surface area contributed by atoms with Gasteiger partial charge in [-0.15, -0.1) is 0 Å². The van der Waals surface area contributed by atoms with E-state index in [-0.39, 0.29) is 6.10 Å². The highest BCUT2D eigenvalue weighted by atomic mass is 79.9. The first-order valence-corrected chi connectivity index (χ1v) is 7.67. The van der Waals surface area contributed by atoms with E-state index in [2.05, 4.69) is 32.8 Å². The van der Waals surface area contributed by atoms with Crippen molar-refractivity contribution in [1.82, 2.24) is 9.97 Å². The van der Waals surface area contributed by atoms with E-state index in [4.69, 9.17) is 16.3 Å². The molecule has 100 valence electrons. The molecule has 1 heterocycles. The number of rotatable bonds is 6. The molecule has 0 bridgehead atoms. The minimum Gasteiger partial charge on any atom is -0.370 e. The first kappa shape index (κ1) is 14.2. The highest BCUT2D eigenvalue weighted by molar-refractivity contribution is 9.10. The summed E-state index contributed by atoms with van der Waals surface area (Å²) in [6.45, 7) is 4.81. The summed E-state index contributed by atoms with van der Waals surface area (Å²) in [7, 11) is 0. The van der Waals surface area contributed by atoms with Gasteiger partial charge >= 0.3 is 0 Å². The lowest BCUT2D eigenvalue weighted by Gasteiger charge is -2.16. The smallest absolute Gasteiger partial charge is 0.159 e. The minimum absolute atomic E-state index is 0.0104. The van der Waals surface area contributed by atoms with E-state index >= 15 is 0 Å². The number of ether oxygens (including phenoxy) is 1. The first-order chi connectivity index (χ1) is 8.67. The summed E-state index contributed by atoms with van der Waals surface area (Å²) in [6, 6.07) is 0. The van der Waals surface area contributed by atoms with Gasteiger partial charge in [0.15, 0.2) is 5.82 Å². The van der Waals surface area contributed by atoms with Crippen molar-refractivity contribution in [3.8, 4) is 0 Å². The molecule has 0 saturated heterocycles. The molecule has 1 unspecified atom stereocenters. The minimum atomic E-state index is 0.0104. The zero-order valence-electron chi connectivity index (χ0n) is 10.7. The molecule has 0 aromatic carbocycles. The lowest BCUT2D eigenvalue weighted by atomic mass is 10.2. The van der Waals surface area contributed by atoms with Gasteiger partial charge in [0.2, 0.25) is 0 Å². The highest BCUT2D eigenvalue weighted by Gasteiger charge is 2.35. The molecule has 0 N–H and O–H groups in total. The molecule has 1 saturated carbocycles. The number of halogens is 2. The molecule has 0 radical (unpaired) electrons. The van der Waals surface area contributed by atoms with Crippen LogP contribution in [0, 0.1) is 5.92 Å². The molecule has 0 aliphatic heterocycles. The van der Waals surface area contributed by atoms with Crippen molar-refractivity contribution in [2.75, 3.05) is 6.61 Å². The summed E-state index contributed by atoms with van der Waals surface area (Å²) in [5.74, 6) is 1.31. The second kappa shape index (κ2) is 6.31. The zero-order valence-corrected chi connectivity index (χ0v) is 13.1. The van der Waals surface area contributed by atoms with Crippen molar-refractivity contribution >= 4 is 27.5 Å². The van der Waals surface area contributed by atoms with Crippen molar-refractivity contribution in [2.24, 2.45) is 5.92 Å². The molecule has 0 spiro atoms. The molecule has 1 atom stereocenters. The third-order valence-corrected chi connectivity index (χ3v) is 4.37. The predicted molar refractivity (Wildman–Crippen MR) is 75.8 cm³/mol. The zero-order chi connectivity index (χ0) is 13.1. The molecule has 18 heavy (non-hydrogen) atoms. The Morgan fingerprint density at radius 1 is 1.39 bits per heavy atom. The lowest BCUT2D eigenvalue weighted by molar-refractivity contribution is 0.0398. The van der Waals surface area contributed by atoms with Gasteiger partial charge in [-0.05, 0) is 48.0 Å². The lowest BCUT2D eigenvalue weighted by Crippen LogP contribution is -2.13. The van der Waals surface area contributed by atoms with E-state index < -0.39 is 0 Å². The van der Waals surface area contributed by atoms with E-state index in [1.807, 2.05) is 6.92 Å². The molecular formula is C13H18BrClN2O. The molecule has 3 nitrogen and oxygen atoms in total. The first-order valence-electron chi connectivity index (χ1n) is 6.50. The Labute approximate surface area is 121 Å². The molecule has 5 heteroatoms. The topological polar surface area (TPSA) is 35.0 Å². The van der Waals surface area contributed by atoms with Gasteiger partial charge in [-0.1, -0.05) is 24.9 Å². The van der Waals surface area contributed by atoms with Gasteiger partial charge in [-0.2, -0.15) is 0 Å². The Hall–Kier alpha value is -0.190. The van der Waals surface area contributed by atoms with E-state index in [9.17, 15) is 0 Å². The van der Waals surface area contributed by atoms with E-state index in [0.29, 0.717) is 17.7 Å². The Morgan fingerprint density at radius 3 is 2.67 bits per heavy atom. The second-order valence-corrected chi connectivity index (χ2v) is 5.75. The number of hydrogen-bond acceptors (Lipinski definition) is 3. The fourth-order valence-corrected chi connectivity index (χ4v) is 2.58. The van der Waals surface area contributed by atoms with Crippen LogP contribution in [-0.2, 0) is 11.2 Å². The fraction of sp³-hybridized carbons (Fsp3) is 0.692. The highest BCUT2D eigenvalue weighted by Crippen LogP contribution is 2.43. The third kappa shape index (κ3) is 3.22. The van der Waals surface area contributed by atoms with E-state index in [0.717, 1.165) is 28.8 Å². The molecule has 1 aliphatic rings. The van der Waals surface area contributed by atoms with Gasteiger partial charge in [0.05, 0.1) is 10.2 Å². The maximum absolute atomic E-state index is 6.17. The van der Waals surface area contributed by atoms with Crippen molar-refractivity contribution in [1.29, 1.82) is 0 Å². The Bertz CT molecular complexity index is 424. The van der Waals surface area contributed by atoms with Crippen molar-refractivity contribution in [3.05, 3.63) is 21.1 Å². The van der Waals surface area contributed by atoms with Crippen LogP contribution in [0.4, 0.5) is 0 Å². The summed E-state index contributed by atoms with van der Waals surface area (Å²) in [6.07, 6.45) is 4.35. The number of hydrogen-bond donors (Lipinski definition) is 0. The summed E-state index contributed by atoms with van der Waals surface area (Å²) in [5.41, 5.74) is 0.984. The number of nitrogens with zero attached hydrogens (tertiary/aromatic N) is 2. The van der Waals surface area contributed by atoms with Crippen LogP contribution in [0.15, 0.2) is 4.47 Å². The monoisotopic (exact) mass is 332 g/mol. The van der Waals surface area contributed by atoms with Gasteiger partial charge in [-0.25, -0.2) is 9.97 Å². The average Bonchev–Trinajstić information content (AvgIpc) is 3.16. The Morgan fingerprint density at radius 2 is 2.11 bits per heavy atom. The van der Waals surface area contributed by atoms with Crippen LogP contribution < -0.4 is 0 Å². The van der Waals surface area contributed by atoms with Crippen LogP contribution >= 0.6 is 27.5 Å². The van der Waals surface area contributed by atoms with Crippen LogP contribution in [0.1, 0.15) is 50.7 Å². The molecule has 1 fully saturated rings. The molecule has 1 aliphatic carbocycles. The summed E-state index contributed by atoms with van der Waals surface area (Å²) in [4.78, 5) is 9.01. The third-order valence-electron chi connectivity index (χ3n) is 3.03. The molecule has 1 aromatic heterocycles. The largest absolute Gasteiger partial charge is 0.370 e. The fourth-order valence-electron chi connectivity index (χ4n) is 2.01. The van der Waals surface area contributed by atoms with Gasteiger partial charge in [-0.3, -0.25) is 0 Å². The van der Waals surface area contributed by atoms with Crippen molar-refractivity contribution in [3.63, 3.8) is 0 Å². The van der Waals surface area contributed by atoms with Crippen molar-refractivity contribution < 1.29 is 4.74 Å². The molecular weight excluding hydrogens is 316 g/mol. The molecule has 1 aromatic rings. The predicted octanol–water partition coefficient (Wildman–Crippen LogP) is 4.33. The second-order valence-electron chi connectivity index (χ2n) is 4.60. The van der Waals surface area contributed by atoms with Crippen LogP contribution in [0.5, 0.6) is 0 Å². The van der Waals surface area contributed by atoms with Crippen LogP contribution in [0.25, 0.3) is 0 Å². The SMILES string of the molecule is CCCc1nc(C(OCC)C2CC2)nc(Cl)c1Br. The van der Waals surface area contributed by atoms with Gasteiger partial charge in [0.1, 0.15) is 11.3 Å². The van der Waals surface area contributed by atoms with Crippen LogP contribution in [-0.4, -0.2) is 16.6 Å². The maximum atomic E-state index is 6.17. The number of aromatic nitrogens is 2. The number of aryl methyl sites for hydroxylation is 1. The van der Waals surface area contributed by atoms with Gasteiger partial charge in [0, 0.05) is 6.61 Å². The molecule has 0 amide bonds. The van der Waals surface area contributed by atoms with Crippen molar-refractivity contribution in [2.45, 2.75) is 45.6 Å². The summed E-state index contributed by atoms with van der Waals surface area (Å²) < 4.78 is 6.60. The normalized spacial score (nSPS) is 16.9. The van der Waals surface area contributed by atoms with E-state index in [1.54, 1.807) is 0 Å². The average molecular weight is 334 g/mol. The maximum Gasteiger partial charge on any atom is 0.159 e. The van der Waals surface area contributed by atoms with E-state index in [1.165, 1.54) is 12.8 Å². The molecule has 2 rings (SSSR count). The summed E-state index contributed by atoms with van der Waals surface area (Å²) in [5, 5.41) is 0.494.